The highest BCUT2D eigenvalue weighted by Crippen LogP contribution is 2.33. The Bertz CT molecular complexity index is 1290. The minimum absolute atomic E-state index is 0.0124. The highest BCUT2D eigenvalue weighted by atomic mass is 19.4. The molecule has 0 aliphatic carbocycles. The second kappa shape index (κ2) is 11.5. The van der Waals surface area contributed by atoms with Crippen LogP contribution in [0.15, 0.2) is 59.0 Å². The number of rotatable bonds is 9. The number of benzene rings is 2. The van der Waals surface area contributed by atoms with Crippen molar-refractivity contribution in [2.24, 2.45) is 0 Å². The number of anilines is 1. The van der Waals surface area contributed by atoms with E-state index in [2.05, 4.69) is 5.32 Å². The molecule has 0 saturated carbocycles. The molecule has 3 amide bonds. The average Bonchev–Trinajstić information content (AvgIpc) is 3.51. The van der Waals surface area contributed by atoms with Crippen LogP contribution < -0.4 is 14.8 Å². The number of carbonyl (C=O) groups is 2. The fourth-order valence-electron chi connectivity index (χ4n) is 4.01. The summed E-state index contributed by atoms with van der Waals surface area (Å²) in [5.41, 5.74) is -0.0972. The molecular formula is C27H28F3N3O5. The number of furan rings is 1. The maximum Gasteiger partial charge on any atom is 0.416 e. The molecule has 1 aliphatic heterocycles. The van der Waals surface area contributed by atoms with Gasteiger partial charge in [-0.05, 0) is 61.4 Å². The Morgan fingerprint density at radius 1 is 0.974 bits per heavy atom. The molecule has 0 atom stereocenters. The lowest BCUT2D eigenvalue weighted by Crippen LogP contribution is -2.44. The van der Waals surface area contributed by atoms with Crippen molar-refractivity contribution in [3.05, 3.63) is 77.2 Å². The van der Waals surface area contributed by atoms with Crippen molar-refractivity contribution in [1.82, 2.24) is 9.80 Å². The van der Waals surface area contributed by atoms with Crippen molar-refractivity contribution in [3.63, 3.8) is 0 Å². The monoisotopic (exact) mass is 531 g/mol. The molecule has 2 heterocycles. The second-order valence-corrected chi connectivity index (χ2v) is 8.88. The lowest BCUT2D eigenvalue weighted by Gasteiger charge is -2.27. The van der Waals surface area contributed by atoms with E-state index in [4.69, 9.17) is 13.9 Å². The lowest BCUT2D eigenvalue weighted by molar-refractivity contribution is -0.137. The lowest BCUT2D eigenvalue weighted by atomic mass is 10.2. The van der Waals surface area contributed by atoms with Gasteiger partial charge in [-0.2, -0.15) is 13.2 Å². The fourth-order valence-corrected chi connectivity index (χ4v) is 4.01. The summed E-state index contributed by atoms with van der Waals surface area (Å²) in [7, 11) is 0. The van der Waals surface area contributed by atoms with Crippen molar-refractivity contribution in [2.75, 3.05) is 25.2 Å². The van der Waals surface area contributed by atoms with Crippen molar-refractivity contribution >= 4 is 17.6 Å². The van der Waals surface area contributed by atoms with E-state index in [1.54, 1.807) is 36.1 Å². The van der Waals surface area contributed by atoms with Gasteiger partial charge in [-0.3, -0.25) is 4.79 Å². The van der Waals surface area contributed by atoms with E-state index in [1.807, 2.05) is 13.0 Å². The molecule has 0 unspecified atom stereocenters. The Balaban J connectivity index is 1.50. The molecule has 4 rings (SSSR count). The number of hydrogen-bond donors (Lipinski definition) is 1. The topological polar surface area (TPSA) is 84.2 Å². The molecule has 0 bridgehead atoms. The first-order valence-corrected chi connectivity index (χ1v) is 12.1. The van der Waals surface area contributed by atoms with E-state index in [0.717, 1.165) is 17.7 Å². The summed E-state index contributed by atoms with van der Waals surface area (Å²) in [5.74, 6) is 2.12. The molecule has 1 aromatic heterocycles. The average molecular weight is 532 g/mol. The Morgan fingerprint density at radius 2 is 1.76 bits per heavy atom. The van der Waals surface area contributed by atoms with Crippen LogP contribution in [0.4, 0.5) is 23.7 Å². The number of aryl methyl sites for hydroxylation is 1. The van der Waals surface area contributed by atoms with Crippen LogP contribution in [0.3, 0.4) is 0 Å². The predicted octanol–water partition coefficient (Wildman–Crippen LogP) is 5.81. The molecule has 0 saturated heterocycles. The summed E-state index contributed by atoms with van der Waals surface area (Å²) >= 11 is 0. The van der Waals surface area contributed by atoms with E-state index in [1.165, 1.54) is 17.0 Å². The zero-order valence-electron chi connectivity index (χ0n) is 21.0. The van der Waals surface area contributed by atoms with Crippen molar-refractivity contribution < 1.29 is 36.7 Å². The van der Waals surface area contributed by atoms with Gasteiger partial charge in [-0.25, -0.2) is 4.79 Å². The Morgan fingerprint density at radius 3 is 2.47 bits per heavy atom. The highest BCUT2D eigenvalue weighted by Gasteiger charge is 2.31. The van der Waals surface area contributed by atoms with Crippen LogP contribution in [0, 0.1) is 6.92 Å². The first-order valence-electron chi connectivity index (χ1n) is 12.1. The summed E-state index contributed by atoms with van der Waals surface area (Å²) in [5, 5.41) is 2.48. The number of fused-ring (bicyclic) bond motifs is 1. The van der Waals surface area contributed by atoms with Gasteiger partial charge in [-0.1, -0.05) is 19.1 Å². The standard InChI is InChI=1S/C27H28F3N3O5/c1-3-11-32(26(35)31-21-6-4-5-20(13-21)27(28,29)30)16-25(34)33(15-22-9-7-18(2)38-22)14-19-8-10-23-24(12-19)37-17-36-23/h4-10,12-13H,3,11,14-17H2,1-2H3,(H,31,35). The third kappa shape index (κ3) is 6.78. The Labute approximate surface area is 217 Å². The number of carbonyl (C=O) groups excluding carboxylic acids is 2. The molecule has 11 heteroatoms. The predicted molar refractivity (Wildman–Crippen MR) is 133 cm³/mol. The Hall–Kier alpha value is -4.15. The molecule has 8 nitrogen and oxygen atoms in total. The van der Waals surface area contributed by atoms with Crippen LogP contribution in [0.1, 0.15) is 36.0 Å². The van der Waals surface area contributed by atoms with Gasteiger partial charge in [0.2, 0.25) is 12.7 Å². The fraction of sp³-hybridized carbons (Fsp3) is 0.333. The number of nitrogens with zero attached hydrogens (tertiary/aromatic N) is 2. The molecule has 2 aromatic carbocycles. The number of nitrogens with one attached hydrogen (secondary N) is 1. The van der Waals surface area contributed by atoms with Gasteiger partial charge in [0, 0.05) is 18.8 Å². The molecule has 202 valence electrons. The van der Waals surface area contributed by atoms with Gasteiger partial charge >= 0.3 is 12.2 Å². The first-order chi connectivity index (χ1) is 18.1. The molecule has 3 aromatic rings. The molecule has 0 spiro atoms. The SMILES string of the molecule is CCCN(CC(=O)N(Cc1ccc2c(c1)OCO2)Cc1ccc(C)o1)C(=O)Nc1cccc(C(F)(F)F)c1. The van der Waals surface area contributed by atoms with E-state index in [9.17, 15) is 22.8 Å². The first kappa shape index (κ1) is 26.9. The van der Waals surface area contributed by atoms with Crippen molar-refractivity contribution in [3.8, 4) is 11.5 Å². The molecule has 1 N–H and O–H groups in total. The highest BCUT2D eigenvalue weighted by molar-refractivity contribution is 5.92. The van der Waals surface area contributed by atoms with Crippen LogP contribution in [0.25, 0.3) is 0 Å². The minimum atomic E-state index is -4.54. The number of urea groups is 1. The van der Waals surface area contributed by atoms with Gasteiger partial charge in [0.15, 0.2) is 11.5 Å². The van der Waals surface area contributed by atoms with Gasteiger partial charge < -0.3 is 29.0 Å². The van der Waals surface area contributed by atoms with Crippen LogP contribution in [0.5, 0.6) is 11.5 Å². The van der Waals surface area contributed by atoms with Gasteiger partial charge in [0.25, 0.3) is 0 Å². The van der Waals surface area contributed by atoms with Gasteiger partial charge in [-0.15, -0.1) is 0 Å². The maximum absolute atomic E-state index is 13.5. The van der Waals surface area contributed by atoms with Crippen molar-refractivity contribution in [1.29, 1.82) is 0 Å². The van der Waals surface area contributed by atoms with E-state index in [-0.39, 0.29) is 44.6 Å². The summed E-state index contributed by atoms with van der Waals surface area (Å²) in [6.07, 6.45) is -4.00. The number of halogens is 3. The summed E-state index contributed by atoms with van der Waals surface area (Å²) < 4.78 is 55.7. The molecular weight excluding hydrogens is 503 g/mol. The molecule has 1 aliphatic rings. The maximum atomic E-state index is 13.5. The zero-order chi connectivity index (χ0) is 27.3. The van der Waals surface area contributed by atoms with Crippen LogP contribution in [-0.2, 0) is 24.1 Å². The summed E-state index contributed by atoms with van der Waals surface area (Å²) in [6, 6.07) is 12.6. The van der Waals surface area contributed by atoms with Gasteiger partial charge in [0.1, 0.15) is 18.1 Å². The van der Waals surface area contributed by atoms with Crippen LogP contribution in [-0.4, -0.2) is 41.6 Å². The number of alkyl halides is 3. The minimum Gasteiger partial charge on any atom is -0.464 e. The number of amides is 3. The molecule has 0 fully saturated rings. The third-order valence-electron chi connectivity index (χ3n) is 5.85. The zero-order valence-corrected chi connectivity index (χ0v) is 21.0. The third-order valence-corrected chi connectivity index (χ3v) is 5.85. The van der Waals surface area contributed by atoms with Crippen LogP contribution >= 0.6 is 0 Å². The van der Waals surface area contributed by atoms with E-state index < -0.39 is 17.8 Å². The number of hydrogen-bond acceptors (Lipinski definition) is 5. The molecule has 0 radical (unpaired) electrons. The van der Waals surface area contributed by atoms with E-state index in [0.29, 0.717) is 29.4 Å². The Kier molecular flexibility index (Phi) is 8.13. The van der Waals surface area contributed by atoms with Gasteiger partial charge in [0.05, 0.1) is 12.1 Å². The van der Waals surface area contributed by atoms with E-state index >= 15 is 0 Å². The van der Waals surface area contributed by atoms with Crippen molar-refractivity contribution in [2.45, 2.75) is 39.5 Å². The summed E-state index contributed by atoms with van der Waals surface area (Å²) in [6.45, 7) is 4.09. The van der Waals surface area contributed by atoms with Crippen LogP contribution in [0.2, 0.25) is 0 Å². The quantitative estimate of drug-likeness (QED) is 0.377. The smallest absolute Gasteiger partial charge is 0.416 e. The largest absolute Gasteiger partial charge is 0.464 e. The molecule has 38 heavy (non-hydrogen) atoms. The number of ether oxygens (including phenoxy) is 2. The second-order valence-electron chi connectivity index (χ2n) is 8.88. The normalized spacial score (nSPS) is 12.3. The summed E-state index contributed by atoms with van der Waals surface area (Å²) in [4.78, 5) is 29.3.